The molecule has 1 aliphatic rings. The number of amides is 2. The Kier molecular flexibility index (Phi) is 5.10. The number of likely N-dealkylation sites (tertiary alicyclic amines) is 1. The minimum absolute atomic E-state index is 0.0675. The lowest BCUT2D eigenvalue weighted by Crippen LogP contribution is -2.38. The third kappa shape index (κ3) is 3.50. The van der Waals surface area contributed by atoms with Gasteiger partial charge in [-0.15, -0.1) is 0 Å². The summed E-state index contributed by atoms with van der Waals surface area (Å²) in [5.74, 6) is -0.372. The van der Waals surface area contributed by atoms with E-state index in [-0.39, 0.29) is 17.9 Å². The van der Waals surface area contributed by atoms with Crippen LogP contribution < -0.4 is 5.32 Å². The smallest absolute Gasteiger partial charge is 0.276 e. The summed E-state index contributed by atoms with van der Waals surface area (Å²) in [6.07, 6.45) is 1.88. The molecule has 2 aromatic heterocycles. The van der Waals surface area contributed by atoms with Crippen molar-refractivity contribution in [1.29, 1.82) is 0 Å². The van der Waals surface area contributed by atoms with Gasteiger partial charge in [-0.05, 0) is 31.9 Å². The molecule has 4 rings (SSSR count). The molecule has 1 fully saturated rings. The van der Waals surface area contributed by atoms with Gasteiger partial charge >= 0.3 is 0 Å². The lowest BCUT2D eigenvalue weighted by molar-refractivity contribution is 0.0627. The second-order valence-corrected chi connectivity index (χ2v) is 7.84. The maximum Gasteiger partial charge on any atom is 0.276 e. The predicted molar refractivity (Wildman–Crippen MR) is 107 cm³/mol. The molecule has 8 nitrogen and oxygen atoms in total. The van der Waals surface area contributed by atoms with Crippen LogP contribution in [-0.2, 0) is 4.74 Å². The van der Waals surface area contributed by atoms with Gasteiger partial charge in [0.25, 0.3) is 11.8 Å². The topological polar surface area (TPSA) is 100 Å². The highest BCUT2D eigenvalue weighted by Gasteiger charge is 2.32. The summed E-state index contributed by atoms with van der Waals surface area (Å²) in [7, 11) is 1.64. The molecule has 1 aliphatic heterocycles. The highest BCUT2D eigenvalue weighted by Crippen LogP contribution is 2.30. The van der Waals surface area contributed by atoms with E-state index in [9.17, 15) is 9.59 Å². The van der Waals surface area contributed by atoms with Gasteiger partial charge in [-0.25, -0.2) is 4.98 Å². The van der Waals surface area contributed by atoms with Crippen LogP contribution in [0.4, 0.5) is 5.13 Å². The first-order chi connectivity index (χ1) is 13.6. The number of carbonyl (C=O) groups is 2. The van der Waals surface area contributed by atoms with E-state index in [1.807, 2.05) is 24.0 Å². The van der Waals surface area contributed by atoms with E-state index in [1.54, 1.807) is 19.2 Å². The molecule has 0 aliphatic carbocycles. The van der Waals surface area contributed by atoms with Gasteiger partial charge in [-0.3, -0.25) is 20.0 Å². The summed E-state index contributed by atoms with van der Waals surface area (Å²) >= 11 is 1.24. The maximum absolute atomic E-state index is 13.0. The second kappa shape index (κ2) is 7.69. The molecule has 1 saturated heterocycles. The van der Waals surface area contributed by atoms with Gasteiger partial charge in [0.15, 0.2) is 16.5 Å². The van der Waals surface area contributed by atoms with E-state index < -0.39 is 0 Å². The molecule has 0 unspecified atom stereocenters. The fourth-order valence-corrected chi connectivity index (χ4v) is 4.29. The van der Waals surface area contributed by atoms with Gasteiger partial charge in [-0.1, -0.05) is 29.0 Å². The zero-order valence-electron chi connectivity index (χ0n) is 15.7. The van der Waals surface area contributed by atoms with Crippen LogP contribution in [0.25, 0.3) is 10.3 Å². The van der Waals surface area contributed by atoms with Gasteiger partial charge in [0.05, 0.1) is 12.6 Å². The third-order valence-electron chi connectivity index (χ3n) is 4.85. The summed E-state index contributed by atoms with van der Waals surface area (Å²) in [4.78, 5) is 31.5. The van der Waals surface area contributed by atoms with Crippen molar-refractivity contribution in [3.63, 3.8) is 0 Å². The van der Waals surface area contributed by atoms with Crippen molar-refractivity contribution < 1.29 is 14.3 Å². The molecule has 28 heavy (non-hydrogen) atoms. The minimum atomic E-state index is -0.239. The Balaban J connectivity index is 1.54. The molecule has 9 heteroatoms. The van der Waals surface area contributed by atoms with Crippen molar-refractivity contribution in [3.8, 4) is 0 Å². The molecular formula is C19H21N5O3S. The molecular weight excluding hydrogens is 378 g/mol. The first-order valence-electron chi connectivity index (χ1n) is 9.09. The van der Waals surface area contributed by atoms with Gasteiger partial charge in [0.2, 0.25) is 0 Å². The van der Waals surface area contributed by atoms with Gasteiger partial charge in [0, 0.05) is 19.2 Å². The molecule has 2 N–H and O–H groups in total. The number of H-pyrrole nitrogens is 1. The molecule has 0 radical (unpaired) electrons. The standard InChI is InChI=1S/C19H21N5O3S/c1-11-5-7-12(8-6-11)17(25)21-19-20-16-15(28-19)14(22-23-16)18(26)24-9-3-4-13(24)10-27-2/h5-8,13H,3-4,9-10H2,1-2H3,(H2,20,21,22,23,25)/t13-/m0/s1. The van der Waals surface area contributed by atoms with E-state index in [2.05, 4.69) is 20.5 Å². The first kappa shape index (κ1) is 18.6. The van der Waals surface area contributed by atoms with Crippen molar-refractivity contribution in [3.05, 3.63) is 41.1 Å². The van der Waals surface area contributed by atoms with Gasteiger partial charge < -0.3 is 9.64 Å². The predicted octanol–water partition coefficient (Wildman–Crippen LogP) is 2.83. The van der Waals surface area contributed by atoms with E-state index in [0.717, 1.165) is 18.4 Å². The SMILES string of the molecule is COC[C@@H]1CCCN1C(=O)c1n[nH]c2nc(NC(=O)c3ccc(C)cc3)sc12. The Morgan fingerprint density at radius 2 is 2.14 bits per heavy atom. The van der Waals surface area contributed by atoms with Crippen molar-refractivity contribution in [2.45, 2.75) is 25.8 Å². The van der Waals surface area contributed by atoms with E-state index >= 15 is 0 Å². The largest absolute Gasteiger partial charge is 0.383 e. The lowest BCUT2D eigenvalue weighted by atomic mass is 10.1. The number of aryl methyl sites for hydroxylation is 1. The first-order valence-corrected chi connectivity index (χ1v) is 9.91. The zero-order chi connectivity index (χ0) is 19.7. The molecule has 3 aromatic rings. The van der Waals surface area contributed by atoms with E-state index in [0.29, 0.717) is 39.9 Å². The summed E-state index contributed by atoms with van der Waals surface area (Å²) in [5.41, 5.74) is 2.47. The molecule has 1 atom stereocenters. The quantitative estimate of drug-likeness (QED) is 0.687. The van der Waals surface area contributed by atoms with Crippen molar-refractivity contribution in [1.82, 2.24) is 20.1 Å². The second-order valence-electron chi connectivity index (χ2n) is 6.84. The molecule has 0 spiro atoms. The third-order valence-corrected chi connectivity index (χ3v) is 5.83. The number of hydrogen-bond acceptors (Lipinski definition) is 6. The number of ether oxygens (including phenoxy) is 1. The number of anilines is 1. The zero-order valence-corrected chi connectivity index (χ0v) is 16.5. The number of nitrogens with one attached hydrogen (secondary N) is 2. The number of hydrogen-bond donors (Lipinski definition) is 2. The van der Waals surface area contributed by atoms with Crippen LogP contribution in [0.15, 0.2) is 24.3 Å². The number of rotatable bonds is 5. The Morgan fingerprint density at radius 3 is 2.89 bits per heavy atom. The Morgan fingerprint density at radius 1 is 1.36 bits per heavy atom. The van der Waals surface area contributed by atoms with Gasteiger partial charge in [0.1, 0.15) is 4.70 Å². The molecule has 146 valence electrons. The fraction of sp³-hybridized carbons (Fsp3) is 0.368. The highest BCUT2D eigenvalue weighted by atomic mass is 32.1. The summed E-state index contributed by atoms with van der Waals surface area (Å²) in [6.45, 7) is 3.17. The molecule has 3 heterocycles. The maximum atomic E-state index is 13.0. The van der Waals surface area contributed by atoms with E-state index in [4.69, 9.17) is 4.74 Å². The number of aromatic amines is 1. The Labute approximate surface area is 165 Å². The van der Waals surface area contributed by atoms with E-state index in [1.165, 1.54) is 11.3 Å². The lowest BCUT2D eigenvalue weighted by Gasteiger charge is -2.23. The van der Waals surface area contributed by atoms with Gasteiger partial charge in [-0.2, -0.15) is 5.10 Å². The number of nitrogens with zero attached hydrogens (tertiary/aromatic N) is 3. The van der Waals surface area contributed by atoms with Crippen LogP contribution in [0.5, 0.6) is 0 Å². The minimum Gasteiger partial charge on any atom is -0.383 e. The average molecular weight is 399 g/mol. The highest BCUT2D eigenvalue weighted by molar-refractivity contribution is 7.22. The van der Waals surface area contributed by atoms with Crippen LogP contribution in [0.2, 0.25) is 0 Å². The van der Waals surface area contributed by atoms with Crippen LogP contribution in [0, 0.1) is 6.92 Å². The number of benzene rings is 1. The number of aromatic nitrogens is 3. The van der Waals surface area contributed by atoms with Crippen LogP contribution in [0.3, 0.4) is 0 Å². The monoisotopic (exact) mass is 399 g/mol. The normalized spacial score (nSPS) is 16.6. The molecule has 1 aromatic carbocycles. The van der Waals surface area contributed by atoms with Crippen molar-refractivity contribution in [2.24, 2.45) is 0 Å². The summed E-state index contributed by atoms with van der Waals surface area (Å²) in [5, 5.41) is 10.2. The summed E-state index contributed by atoms with van der Waals surface area (Å²) in [6, 6.07) is 7.37. The van der Waals surface area contributed by atoms with Crippen molar-refractivity contribution in [2.75, 3.05) is 25.6 Å². The number of fused-ring (bicyclic) bond motifs is 1. The number of carbonyl (C=O) groups excluding carboxylic acids is 2. The van der Waals surface area contributed by atoms with Crippen molar-refractivity contribution >= 4 is 38.6 Å². The Hall–Kier alpha value is -2.78. The number of methoxy groups -OCH3 is 1. The number of thiazole rings is 1. The fourth-order valence-electron chi connectivity index (χ4n) is 3.39. The average Bonchev–Trinajstić information content (AvgIpc) is 3.38. The summed E-state index contributed by atoms with van der Waals surface area (Å²) < 4.78 is 5.87. The molecule has 0 saturated carbocycles. The van der Waals surface area contributed by atoms with Crippen LogP contribution in [0.1, 0.15) is 39.3 Å². The molecule has 2 amide bonds. The molecule has 0 bridgehead atoms. The van der Waals surface area contributed by atoms with Crippen LogP contribution in [-0.4, -0.2) is 58.2 Å². The Bertz CT molecular complexity index is 1010. The van der Waals surface area contributed by atoms with Crippen LogP contribution >= 0.6 is 11.3 Å².